The largest absolute Gasteiger partial charge is 0.347 e. The lowest BCUT2D eigenvalue weighted by molar-refractivity contribution is -0.385. The van der Waals surface area contributed by atoms with Gasteiger partial charge in [0.15, 0.2) is 5.78 Å². The molecule has 1 aromatic heterocycles. The summed E-state index contributed by atoms with van der Waals surface area (Å²) in [7, 11) is 1.90. The summed E-state index contributed by atoms with van der Waals surface area (Å²) in [5.41, 5.74) is 1.94. The highest BCUT2D eigenvalue weighted by Gasteiger charge is 2.38. The number of fused-ring (bicyclic) bond motifs is 1. The van der Waals surface area contributed by atoms with Gasteiger partial charge in [0.1, 0.15) is 0 Å². The number of benzene rings is 1. The van der Waals surface area contributed by atoms with E-state index in [1.165, 1.54) is 6.08 Å². The Morgan fingerprint density at radius 1 is 1.23 bits per heavy atom. The molecule has 0 N–H and O–H groups in total. The van der Waals surface area contributed by atoms with Crippen molar-refractivity contribution >= 4 is 17.2 Å². The van der Waals surface area contributed by atoms with Crippen molar-refractivity contribution in [3.8, 4) is 0 Å². The lowest BCUT2D eigenvalue weighted by atomic mass is 9.83. The summed E-state index contributed by atoms with van der Waals surface area (Å²) in [6.45, 7) is 3.83. The van der Waals surface area contributed by atoms with Crippen LogP contribution in [0.3, 0.4) is 0 Å². The summed E-state index contributed by atoms with van der Waals surface area (Å²) in [4.78, 5) is 36.7. The zero-order valence-corrected chi connectivity index (χ0v) is 14.8. The van der Waals surface area contributed by atoms with Crippen molar-refractivity contribution in [3.05, 3.63) is 80.4 Å². The molecular weight excluding hydrogens is 334 g/mol. The molecule has 3 rings (SSSR count). The summed E-state index contributed by atoms with van der Waals surface area (Å²) in [6.07, 6.45) is 2.61. The molecule has 1 aliphatic heterocycles. The van der Waals surface area contributed by atoms with Gasteiger partial charge in [-0.15, -0.1) is 0 Å². The van der Waals surface area contributed by atoms with Crippen molar-refractivity contribution in [3.63, 3.8) is 0 Å². The Morgan fingerprint density at radius 3 is 2.58 bits per heavy atom. The highest BCUT2D eigenvalue weighted by molar-refractivity contribution is 5.92. The maximum absolute atomic E-state index is 12.6. The van der Waals surface area contributed by atoms with E-state index in [1.54, 1.807) is 0 Å². The van der Waals surface area contributed by atoms with E-state index >= 15 is 0 Å². The van der Waals surface area contributed by atoms with E-state index in [0.29, 0.717) is 0 Å². The van der Waals surface area contributed by atoms with Crippen LogP contribution in [0.1, 0.15) is 19.4 Å². The molecule has 0 saturated heterocycles. The van der Waals surface area contributed by atoms with E-state index in [9.17, 15) is 19.7 Å². The van der Waals surface area contributed by atoms with Gasteiger partial charge in [0.05, 0.1) is 17.7 Å². The average Bonchev–Trinajstić information content (AvgIpc) is 2.78. The molecule has 0 atom stereocenters. The van der Waals surface area contributed by atoms with Gasteiger partial charge in [-0.1, -0.05) is 32.0 Å². The Morgan fingerprint density at radius 2 is 1.92 bits per heavy atom. The third-order valence-corrected chi connectivity index (χ3v) is 4.74. The molecule has 2 heterocycles. The first kappa shape index (κ1) is 17.6. The van der Waals surface area contributed by atoms with E-state index in [4.69, 9.17) is 0 Å². The molecule has 0 unspecified atom stereocenters. The lowest BCUT2D eigenvalue weighted by Gasteiger charge is -2.24. The minimum absolute atomic E-state index is 0.226. The smallest absolute Gasteiger partial charge is 0.285 e. The fourth-order valence-electron chi connectivity index (χ4n) is 3.38. The van der Waals surface area contributed by atoms with Crippen LogP contribution in [0.4, 0.5) is 11.4 Å². The molecule has 26 heavy (non-hydrogen) atoms. The molecule has 0 spiro atoms. The number of likely N-dealkylation sites (N-methyl/N-ethyl adjacent to an activating group) is 1. The number of allylic oxidation sites excluding steroid dienone is 2. The average molecular weight is 353 g/mol. The highest BCUT2D eigenvalue weighted by Crippen LogP contribution is 2.46. The molecular formula is C19H19N3O4. The first-order chi connectivity index (χ1) is 12.2. The molecule has 0 saturated carbocycles. The molecule has 1 aromatic carbocycles. The molecule has 7 heteroatoms. The number of nitro groups is 1. The maximum atomic E-state index is 12.6. The van der Waals surface area contributed by atoms with Crippen LogP contribution >= 0.6 is 0 Å². The predicted molar refractivity (Wildman–Crippen MR) is 98.3 cm³/mol. The van der Waals surface area contributed by atoms with Crippen molar-refractivity contribution in [2.24, 2.45) is 0 Å². The van der Waals surface area contributed by atoms with Gasteiger partial charge in [0.25, 0.3) is 11.2 Å². The van der Waals surface area contributed by atoms with Crippen LogP contribution < -0.4 is 10.5 Å². The van der Waals surface area contributed by atoms with Crippen molar-refractivity contribution in [2.75, 3.05) is 11.9 Å². The molecule has 0 bridgehead atoms. The molecule has 1 aliphatic rings. The van der Waals surface area contributed by atoms with Crippen molar-refractivity contribution < 1.29 is 9.72 Å². The van der Waals surface area contributed by atoms with Gasteiger partial charge < -0.3 is 9.47 Å². The number of rotatable bonds is 4. The van der Waals surface area contributed by atoms with Gasteiger partial charge in [0.2, 0.25) is 0 Å². The summed E-state index contributed by atoms with van der Waals surface area (Å²) >= 11 is 0. The minimum Gasteiger partial charge on any atom is -0.347 e. The lowest BCUT2D eigenvalue weighted by Crippen LogP contribution is -2.26. The topological polar surface area (TPSA) is 85.4 Å². The van der Waals surface area contributed by atoms with Gasteiger partial charge in [0, 0.05) is 42.1 Å². The molecule has 134 valence electrons. The summed E-state index contributed by atoms with van der Waals surface area (Å²) < 4.78 is 1.06. The standard InChI is InChI=1S/C19H19N3O4/c1-19(2)15-6-4-5-7-16(15)20(3)17(19)10-14(23)12-21-11-13(22(25)26)8-9-18(21)24/h4-11H,12H2,1-3H3. The Bertz CT molecular complexity index is 988. The molecule has 2 aromatic rings. The number of carbonyl (C=O) groups is 1. The van der Waals surface area contributed by atoms with Crippen LogP contribution in [0.25, 0.3) is 0 Å². The number of ketones is 1. The second-order valence-electron chi connectivity index (χ2n) is 6.81. The highest BCUT2D eigenvalue weighted by atomic mass is 16.6. The van der Waals surface area contributed by atoms with Crippen LogP contribution in [0, 0.1) is 10.1 Å². The fourth-order valence-corrected chi connectivity index (χ4v) is 3.38. The SMILES string of the molecule is CN1C(=CC(=O)Cn2cc([N+](=O)[O-])ccc2=O)C(C)(C)c2ccccc21. The molecule has 0 aliphatic carbocycles. The number of carbonyl (C=O) groups excluding carboxylic acids is 1. The number of para-hydroxylation sites is 1. The van der Waals surface area contributed by atoms with Crippen LogP contribution in [0.15, 0.2) is 59.2 Å². The first-order valence-corrected chi connectivity index (χ1v) is 8.15. The minimum atomic E-state index is -0.594. The number of anilines is 1. The normalized spacial score (nSPS) is 16.6. The van der Waals surface area contributed by atoms with E-state index < -0.39 is 10.5 Å². The van der Waals surface area contributed by atoms with Gasteiger partial charge in [-0.2, -0.15) is 0 Å². The van der Waals surface area contributed by atoms with Crippen molar-refractivity contribution in [2.45, 2.75) is 25.8 Å². The number of aromatic nitrogens is 1. The van der Waals surface area contributed by atoms with Gasteiger partial charge in [-0.3, -0.25) is 19.7 Å². The van der Waals surface area contributed by atoms with E-state index in [2.05, 4.69) is 0 Å². The zero-order chi connectivity index (χ0) is 19.1. The van der Waals surface area contributed by atoms with Crippen molar-refractivity contribution in [1.82, 2.24) is 4.57 Å². The number of hydrogen-bond donors (Lipinski definition) is 0. The van der Waals surface area contributed by atoms with Gasteiger partial charge in [-0.25, -0.2) is 0 Å². The van der Waals surface area contributed by atoms with Crippen LogP contribution in [-0.4, -0.2) is 22.3 Å². The van der Waals surface area contributed by atoms with Gasteiger partial charge >= 0.3 is 0 Å². The molecule has 0 fully saturated rings. The van der Waals surface area contributed by atoms with Crippen molar-refractivity contribution in [1.29, 1.82) is 0 Å². The Balaban J connectivity index is 1.92. The van der Waals surface area contributed by atoms with E-state index in [-0.39, 0.29) is 23.4 Å². The van der Waals surface area contributed by atoms with Crippen LogP contribution in [0.2, 0.25) is 0 Å². The Labute approximate surface area is 150 Å². The third kappa shape index (κ3) is 2.92. The third-order valence-electron chi connectivity index (χ3n) is 4.74. The molecule has 0 amide bonds. The predicted octanol–water partition coefficient (Wildman–Crippen LogP) is 2.64. The Hall–Kier alpha value is -3.22. The fraction of sp³-hybridized carbons (Fsp3) is 0.263. The second-order valence-corrected chi connectivity index (χ2v) is 6.81. The van der Waals surface area contributed by atoms with Crippen LogP contribution in [0.5, 0.6) is 0 Å². The maximum Gasteiger partial charge on any atom is 0.285 e. The number of nitrogens with zero attached hydrogens (tertiary/aromatic N) is 3. The number of hydrogen-bond acceptors (Lipinski definition) is 5. The summed E-state index contributed by atoms with van der Waals surface area (Å²) in [5, 5.41) is 10.9. The summed E-state index contributed by atoms with van der Waals surface area (Å²) in [6, 6.07) is 10.2. The molecule has 7 nitrogen and oxygen atoms in total. The number of pyridine rings is 1. The van der Waals surface area contributed by atoms with E-state index in [1.807, 2.05) is 50.1 Å². The summed E-state index contributed by atoms with van der Waals surface area (Å²) in [5.74, 6) is -0.296. The Kier molecular flexibility index (Phi) is 4.23. The van der Waals surface area contributed by atoms with Crippen LogP contribution in [-0.2, 0) is 16.8 Å². The monoisotopic (exact) mass is 353 g/mol. The second kappa shape index (κ2) is 6.25. The van der Waals surface area contributed by atoms with E-state index in [0.717, 1.165) is 39.8 Å². The quantitative estimate of drug-likeness (QED) is 0.479. The van der Waals surface area contributed by atoms with Gasteiger partial charge in [-0.05, 0) is 11.6 Å². The first-order valence-electron chi connectivity index (χ1n) is 8.15. The molecule has 0 radical (unpaired) electrons. The zero-order valence-electron chi connectivity index (χ0n) is 14.8.